The average molecular weight is 318 g/mol. The van der Waals surface area contributed by atoms with Crippen LogP contribution < -0.4 is 5.73 Å². The van der Waals surface area contributed by atoms with Crippen LogP contribution in [0.3, 0.4) is 0 Å². The molecule has 0 aromatic carbocycles. The largest absolute Gasteiger partial charge is 0.396 e. The maximum atomic E-state index is 11.5. The molecule has 0 fully saturated rings. The van der Waals surface area contributed by atoms with Gasteiger partial charge in [-0.1, -0.05) is 20.3 Å². The number of nitrogens with zero attached hydrogens (tertiary/aromatic N) is 3. The first-order chi connectivity index (χ1) is 11.0. The number of rotatable bonds is 8. The molecule has 2 rings (SSSR count). The third-order valence-corrected chi connectivity index (χ3v) is 4.02. The molecule has 0 bridgehead atoms. The number of nitrogens with two attached hydrogens (primary N) is 1. The van der Waals surface area contributed by atoms with Crippen molar-refractivity contribution >= 4 is 5.91 Å². The van der Waals surface area contributed by atoms with Gasteiger partial charge in [0.25, 0.3) is 5.91 Å². The molecule has 0 aliphatic rings. The van der Waals surface area contributed by atoms with Gasteiger partial charge in [0.05, 0.1) is 11.4 Å². The summed E-state index contributed by atoms with van der Waals surface area (Å²) in [5, 5.41) is 13.7. The molecule has 0 spiro atoms. The molecule has 0 radical (unpaired) electrons. The fourth-order valence-corrected chi connectivity index (χ4v) is 2.63. The van der Waals surface area contributed by atoms with E-state index in [1.807, 2.05) is 30.7 Å². The molecule has 0 aliphatic heterocycles. The highest BCUT2D eigenvalue weighted by Crippen LogP contribution is 2.25. The summed E-state index contributed by atoms with van der Waals surface area (Å²) in [6.07, 6.45) is 2.03. The number of carbonyl (C=O) groups excluding carboxylic acids is 1. The molecule has 0 saturated carbocycles. The van der Waals surface area contributed by atoms with E-state index in [1.54, 1.807) is 6.07 Å². The molecular weight excluding hydrogens is 292 g/mol. The van der Waals surface area contributed by atoms with Crippen molar-refractivity contribution in [1.82, 2.24) is 14.3 Å². The topological polar surface area (TPSA) is 86.1 Å². The number of aliphatic hydroxyl groups excluding tert-OH is 1. The maximum absolute atomic E-state index is 11.5. The molecule has 126 valence electrons. The lowest BCUT2D eigenvalue weighted by Gasteiger charge is -2.16. The molecule has 3 N–H and O–H groups in total. The molecule has 1 atom stereocenters. The van der Waals surface area contributed by atoms with Crippen molar-refractivity contribution in [1.29, 1.82) is 0 Å². The van der Waals surface area contributed by atoms with Crippen LogP contribution in [0.1, 0.15) is 42.9 Å². The first-order valence-electron chi connectivity index (χ1n) is 8.12. The number of amides is 1. The van der Waals surface area contributed by atoms with Crippen molar-refractivity contribution < 1.29 is 9.90 Å². The van der Waals surface area contributed by atoms with E-state index in [1.165, 1.54) is 0 Å². The Morgan fingerprint density at radius 3 is 2.74 bits per heavy atom. The molecule has 0 aliphatic carbocycles. The predicted octanol–water partition coefficient (Wildman–Crippen LogP) is 2.19. The molecule has 2 heterocycles. The molecule has 23 heavy (non-hydrogen) atoms. The van der Waals surface area contributed by atoms with Crippen molar-refractivity contribution in [2.75, 3.05) is 6.61 Å². The second kappa shape index (κ2) is 7.46. The Balaban J connectivity index is 2.46. The number of aromatic nitrogens is 3. The smallest absolute Gasteiger partial charge is 0.269 e. The SMILES string of the molecule is CCCCn1nc(C(N)=O)cc1-c1ccc(C)n1CC(C)CO. The van der Waals surface area contributed by atoms with Gasteiger partial charge in [-0.3, -0.25) is 9.48 Å². The van der Waals surface area contributed by atoms with E-state index < -0.39 is 5.91 Å². The van der Waals surface area contributed by atoms with E-state index in [0.717, 1.165) is 43.0 Å². The van der Waals surface area contributed by atoms with Crippen molar-refractivity contribution in [3.05, 3.63) is 29.6 Å². The number of hydrogen-bond acceptors (Lipinski definition) is 3. The van der Waals surface area contributed by atoms with E-state index in [0.29, 0.717) is 0 Å². The molecule has 0 saturated heterocycles. The first kappa shape index (κ1) is 17.3. The molecule has 1 unspecified atom stereocenters. The van der Waals surface area contributed by atoms with Crippen LogP contribution in [0.15, 0.2) is 18.2 Å². The summed E-state index contributed by atoms with van der Waals surface area (Å²) in [6, 6.07) is 5.83. The predicted molar refractivity (Wildman–Crippen MR) is 90.1 cm³/mol. The number of aryl methyl sites for hydroxylation is 2. The van der Waals surface area contributed by atoms with Crippen LogP contribution in [0, 0.1) is 12.8 Å². The Morgan fingerprint density at radius 1 is 1.39 bits per heavy atom. The number of aliphatic hydroxyl groups is 1. The molecule has 6 nitrogen and oxygen atoms in total. The second-order valence-electron chi connectivity index (χ2n) is 6.11. The van der Waals surface area contributed by atoms with Gasteiger partial charge in [-0.15, -0.1) is 0 Å². The third kappa shape index (κ3) is 3.82. The summed E-state index contributed by atoms with van der Waals surface area (Å²) in [7, 11) is 0. The highest BCUT2D eigenvalue weighted by atomic mass is 16.3. The van der Waals surface area contributed by atoms with Crippen molar-refractivity contribution in [3.63, 3.8) is 0 Å². The van der Waals surface area contributed by atoms with Crippen molar-refractivity contribution in [3.8, 4) is 11.4 Å². The summed E-state index contributed by atoms with van der Waals surface area (Å²) < 4.78 is 4.02. The van der Waals surface area contributed by atoms with E-state index in [9.17, 15) is 9.90 Å². The van der Waals surface area contributed by atoms with Gasteiger partial charge in [-0.2, -0.15) is 5.10 Å². The highest BCUT2D eigenvalue weighted by molar-refractivity contribution is 5.91. The standard InChI is InChI=1S/C17H26N4O2/c1-4-5-8-21-16(9-14(19-21)17(18)23)15-7-6-13(3)20(15)10-12(2)11-22/h6-7,9,12,22H,4-5,8,10-11H2,1-3H3,(H2,18,23). The Labute approximate surface area is 136 Å². The first-order valence-corrected chi connectivity index (χ1v) is 8.12. The Bertz CT molecular complexity index is 672. The Kier molecular flexibility index (Phi) is 5.60. The summed E-state index contributed by atoms with van der Waals surface area (Å²) in [5.74, 6) is -0.359. The Morgan fingerprint density at radius 2 is 2.13 bits per heavy atom. The van der Waals surface area contributed by atoms with E-state index in [-0.39, 0.29) is 18.2 Å². The zero-order chi connectivity index (χ0) is 17.0. The third-order valence-electron chi connectivity index (χ3n) is 4.02. The lowest BCUT2D eigenvalue weighted by molar-refractivity contribution is 0.0994. The van der Waals surface area contributed by atoms with Gasteiger partial charge >= 0.3 is 0 Å². The van der Waals surface area contributed by atoms with Crippen LogP contribution in [-0.2, 0) is 13.1 Å². The summed E-state index contributed by atoms with van der Waals surface area (Å²) in [6.45, 7) is 7.77. The highest BCUT2D eigenvalue weighted by Gasteiger charge is 2.18. The number of unbranched alkanes of at least 4 members (excludes halogenated alkanes) is 1. The van der Waals surface area contributed by atoms with Crippen LogP contribution in [-0.4, -0.2) is 32.0 Å². The second-order valence-corrected chi connectivity index (χ2v) is 6.11. The lowest BCUT2D eigenvalue weighted by Crippen LogP contribution is -2.14. The van der Waals surface area contributed by atoms with Crippen LogP contribution in [0.2, 0.25) is 0 Å². The van der Waals surface area contributed by atoms with Crippen LogP contribution >= 0.6 is 0 Å². The van der Waals surface area contributed by atoms with Gasteiger partial charge < -0.3 is 15.4 Å². The van der Waals surface area contributed by atoms with Gasteiger partial charge in [-0.25, -0.2) is 0 Å². The van der Waals surface area contributed by atoms with Gasteiger partial charge in [-0.05, 0) is 37.5 Å². The zero-order valence-corrected chi connectivity index (χ0v) is 14.1. The van der Waals surface area contributed by atoms with E-state index >= 15 is 0 Å². The van der Waals surface area contributed by atoms with Crippen LogP contribution in [0.25, 0.3) is 11.4 Å². The van der Waals surface area contributed by atoms with Gasteiger partial charge in [0, 0.05) is 25.4 Å². The minimum atomic E-state index is -0.514. The molecule has 6 heteroatoms. The van der Waals surface area contributed by atoms with Crippen molar-refractivity contribution in [2.24, 2.45) is 11.7 Å². The minimum absolute atomic E-state index is 0.138. The molecule has 2 aromatic heterocycles. The lowest BCUT2D eigenvalue weighted by atomic mass is 10.2. The van der Waals surface area contributed by atoms with E-state index in [4.69, 9.17) is 5.73 Å². The Hall–Kier alpha value is -2.08. The van der Waals surface area contributed by atoms with Crippen LogP contribution in [0.5, 0.6) is 0 Å². The van der Waals surface area contributed by atoms with Gasteiger partial charge in [0.2, 0.25) is 0 Å². The van der Waals surface area contributed by atoms with Crippen molar-refractivity contribution in [2.45, 2.75) is 46.7 Å². The van der Waals surface area contributed by atoms with Crippen LogP contribution in [0.4, 0.5) is 0 Å². The van der Waals surface area contributed by atoms with Gasteiger partial charge in [0.1, 0.15) is 0 Å². The molecule has 2 aromatic rings. The number of carbonyl (C=O) groups is 1. The van der Waals surface area contributed by atoms with E-state index in [2.05, 4.69) is 16.6 Å². The normalized spacial score (nSPS) is 12.5. The fourth-order valence-electron chi connectivity index (χ4n) is 2.63. The monoisotopic (exact) mass is 318 g/mol. The minimum Gasteiger partial charge on any atom is -0.396 e. The number of primary amides is 1. The molecular formula is C17H26N4O2. The average Bonchev–Trinajstić information content (AvgIpc) is 3.09. The summed E-state index contributed by atoms with van der Waals surface area (Å²) >= 11 is 0. The molecule has 1 amide bonds. The zero-order valence-electron chi connectivity index (χ0n) is 14.1. The summed E-state index contributed by atoms with van der Waals surface area (Å²) in [4.78, 5) is 11.5. The fraction of sp³-hybridized carbons (Fsp3) is 0.529. The quantitative estimate of drug-likeness (QED) is 0.782. The summed E-state index contributed by atoms with van der Waals surface area (Å²) in [5.41, 5.74) is 8.69. The number of hydrogen-bond donors (Lipinski definition) is 2. The maximum Gasteiger partial charge on any atom is 0.269 e. The van der Waals surface area contributed by atoms with Gasteiger partial charge in [0.15, 0.2) is 5.69 Å².